The van der Waals surface area contributed by atoms with Crippen molar-refractivity contribution in [3.63, 3.8) is 0 Å². The third-order valence-corrected chi connectivity index (χ3v) is 4.20. The molecule has 96 valence electrons. The highest BCUT2D eigenvalue weighted by Crippen LogP contribution is 2.35. The highest BCUT2D eigenvalue weighted by molar-refractivity contribution is 4.94. The van der Waals surface area contributed by atoms with E-state index in [-0.39, 0.29) is 0 Å². The van der Waals surface area contributed by atoms with Gasteiger partial charge in [-0.25, -0.2) is 4.98 Å². The van der Waals surface area contributed by atoms with Crippen LogP contribution in [-0.4, -0.2) is 9.55 Å². The minimum absolute atomic E-state index is 0.526. The van der Waals surface area contributed by atoms with E-state index in [9.17, 15) is 0 Å². The van der Waals surface area contributed by atoms with Crippen LogP contribution in [-0.2, 0) is 0 Å². The maximum atomic E-state index is 4.37. The minimum atomic E-state index is 0.526. The van der Waals surface area contributed by atoms with E-state index in [0.29, 0.717) is 11.5 Å². The molecule has 1 aliphatic carbocycles. The smallest absolute Gasteiger partial charge is 0.0951 e. The lowest BCUT2D eigenvalue weighted by Crippen LogP contribution is -2.14. The summed E-state index contributed by atoms with van der Waals surface area (Å²) in [5.74, 6) is 0. The molecule has 0 amide bonds. The second-order valence-electron chi connectivity index (χ2n) is 6.42. The lowest BCUT2D eigenvalue weighted by atomic mass is 9.82. The molecule has 1 fully saturated rings. The highest BCUT2D eigenvalue weighted by Gasteiger charge is 2.22. The Morgan fingerprint density at radius 2 is 2.00 bits per heavy atom. The number of aromatic nitrogens is 2. The average Bonchev–Trinajstić information content (AvgIpc) is 2.70. The molecular formula is C15H26N2. The third-order valence-electron chi connectivity index (χ3n) is 4.20. The van der Waals surface area contributed by atoms with Crippen molar-refractivity contribution in [3.8, 4) is 0 Å². The van der Waals surface area contributed by atoms with Crippen LogP contribution in [0, 0.1) is 12.3 Å². The normalized spacial score (nSPS) is 25.9. The Bertz CT molecular complexity index is 352. The van der Waals surface area contributed by atoms with Crippen molar-refractivity contribution in [3.05, 3.63) is 18.2 Å². The molecule has 0 aliphatic heterocycles. The van der Waals surface area contributed by atoms with Gasteiger partial charge in [0.1, 0.15) is 0 Å². The van der Waals surface area contributed by atoms with Gasteiger partial charge in [-0.1, -0.05) is 33.1 Å². The van der Waals surface area contributed by atoms with Crippen LogP contribution < -0.4 is 0 Å². The Balaban J connectivity index is 2.05. The van der Waals surface area contributed by atoms with E-state index in [4.69, 9.17) is 0 Å². The van der Waals surface area contributed by atoms with Crippen LogP contribution in [0.15, 0.2) is 12.5 Å². The molecule has 1 aromatic heterocycles. The topological polar surface area (TPSA) is 17.8 Å². The zero-order valence-electron chi connectivity index (χ0n) is 11.6. The Hall–Kier alpha value is -0.790. The fraction of sp³-hybridized carbons (Fsp3) is 0.800. The summed E-state index contributed by atoms with van der Waals surface area (Å²) < 4.78 is 2.34. The largest absolute Gasteiger partial charge is 0.334 e. The number of imidazole rings is 1. The van der Waals surface area contributed by atoms with Crippen LogP contribution in [0.5, 0.6) is 0 Å². The van der Waals surface area contributed by atoms with Gasteiger partial charge >= 0.3 is 0 Å². The van der Waals surface area contributed by atoms with E-state index in [2.05, 4.69) is 36.5 Å². The summed E-state index contributed by atoms with van der Waals surface area (Å²) in [6.07, 6.45) is 13.8. The van der Waals surface area contributed by atoms with E-state index >= 15 is 0 Å². The minimum Gasteiger partial charge on any atom is -0.334 e. The Kier molecular flexibility index (Phi) is 3.90. The van der Waals surface area contributed by atoms with E-state index in [1.165, 1.54) is 44.9 Å². The molecule has 1 saturated carbocycles. The molecule has 2 rings (SSSR count). The maximum Gasteiger partial charge on any atom is 0.0951 e. The predicted octanol–water partition coefficient (Wildman–Crippen LogP) is 4.50. The first kappa shape index (κ1) is 12.7. The molecule has 0 saturated heterocycles. The van der Waals surface area contributed by atoms with Gasteiger partial charge in [0.25, 0.3) is 0 Å². The van der Waals surface area contributed by atoms with E-state index in [1.807, 2.05) is 6.33 Å². The summed E-state index contributed by atoms with van der Waals surface area (Å²) in [6.45, 7) is 6.93. The molecule has 2 heteroatoms. The fourth-order valence-electron chi connectivity index (χ4n) is 2.92. The average molecular weight is 234 g/mol. The Labute approximate surface area is 105 Å². The summed E-state index contributed by atoms with van der Waals surface area (Å²) in [7, 11) is 0. The van der Waals surface area contributed by atoms with Crippen LogP contribution in [0.2, 0.25) is 0 Å². The monoisotopic (exact) mass is 234 g/mol. The van der Waals surface area contributed by atoms with E-state index in [1.54, 1.807) is 0 Å². The molecule has 1 aliphatic rings. The van der Waals surface area contributed by atoms with Crippen LogP contribution in [0.3, 0.4) is 0 Å². The molecule has 0 spiro atoms. The zero-order chi connectivity index (χ0) is 12.3. The molecule has 1 unspecified atom stereocenters. The summed E-state index contributed by atoms with van der Waals surface area (Å²) in [5.41, 5.74) is 1.67. The molecule has 1 heterocycles. The van der Waals surface area contributed by atoms with Crippen molar-refractivity contribution in [2.75, 3.05) is 0 Å². The first-order chi connectivity index (χ1) is 8.07. The van der Waals surface area contributed by atoms with Gasteiger partial charge in [-0.3, -0.25) is 0 Å². The molecule has 0 N–H and O–H groups in total. The third kappa shape index (κ3) is 3.58. The van der Waals surface area contributed by atoms with Crippen molar-refractivity contribution >= 4 is 0 Å². The van der Waals surface area contributed by atoms with Crippen molar-refractivity contribution in [2.24, 2.45) is 5.41 Å². The zero-order valence-corrected chi connectivity index (χ0v) is 11.6. The summed E-state index contributed by atoms with van der Waals surface area (Å²) in [4.78, 5) is 4.37. The van der Waals surface area contributed by atoms with Crippen molar-refractivity contribution in [1.82, 2.24) is 9.55 Å². The van der Waals surface area contributed by atoms with Gasteiger partial charge in [0.05, 0.1) is 12.0 Å². The Morgan fingerprint density at radius 1 is 1.18 bits per heavy atom. The van der Waals surface area contributed by atoms with E-state index < -0.39 is 0 Å². The molecule has 1 aromatic rings. The molecule has 17 heavy (non-hydrogen) atoms. The lowest BCUT2D eigenvalue weighted by Gasteiger charge is -2.26. The second kappa shape index (κ2) is 5.24. The number of hydrogen-bond donors (Lipinski definition) is 0. The van der Waals surface area contributed by atoms with Gasteiger partial charge in [-0.2, -0.15) is 0 Å². The first-order valence-corrected chi connectivity index (χ1v) is 7.07. The quantitative estimate of drug-likeness (QED) is 0.699. The first-order valence-electron chi connectivity index (χ1n) is 7.07. The number of rotatable bonds is 1. The number of aryl methyl sites for hydroxylation is 1. The van der Waals surface area contributed by atoms with Crippen LogP contribution >= 0.6 is 0 Å². The van der Waals surface area contributed by atoms with Crippen molar-refractivity contribution in [2.45, 2.75) is 71.8 Å². The van der Waals surface area contributed by atoms with Gasteiger partial charge in [0.2, 0.25) is 0 Å². The standard InChI is InChI=1S/C15H26N2/c1-13-11-17(12-16-13)14-7-5-4-6-9-15(2,3)10-8-14/h11-12,14H,4-10H2,1-3H3. The summed E-state index contributed by atoms with van der Waals surface area (Å²) >= 11 is 0. The molecule has 0 aromatic carbocycles. The number of nitrogens with zero attached hydrogens (tertiary/aromatic N) is 2. The van der Waals surface area contributed by atoms with Gasteiger partial charge in [0, 0.05) is 12.2 Å². The van der Waals surface area contributed by atoms with Crippen molar-refractivity contribution in [1.29, 1.82) is 0 Å². The van der Waals surface area contributed by atoms with Gasteiger partial charge < -0.3 is 4.57 Å². The number of hydrogen-bond acceptors (Lipinski definition) is 1. The molecule has 2 nitrogen and oxygen atoms in total. The Morgan fingerprint density at radius 3 is 2.71 bits per heavy atom. The van der Waals surface area contributed by atoms with Gasteiger partial charge in [0.15, 0.2) is 0 Å². The molecule has 0 bridgehead atoms. The maximum absolute atomic E-state index is 4.37. The summed E-state index contributed by atoms with van der Waals surface area (Å²) in [5, 5.41) is 0. The molecular weight excluding hydrogens is 208 g/mol. The second-order valence-corrected chi connectivity index (χ2v) is 6.42. The predicted molar refractivity (Wildman–Crippen MR) is 72.1 cm³/mol. The SMILES string of the molecule is Cc1cn(C2CCCCCC(C)(C)CC2)cn1. The van der Waals surface area contributed by atoms with Crippen molar-refractivity contribution < 1.29 is 0 Å². The van der Waals surface area contributed by atoms with Crippen LogP contribution in [0.25, 0.3) is 0 Å². The van der Waals surface area contributed by atoms with Gasteiger partial charge in [-0.15, -0.1) is 0 Å². The highest BCUT2D eigenvalue weighted by atomic mass is 15.1. The fourth-order valence-corrected chi connectivity index (χ4v) is 2.92. The van der Waals surface area contributed by atoms with Gasteiger partial charge in [-0.05, 0) is 38.0 Å². The lowest BCUT2D eigenvalue weighted by molar-refractivity contribution is 0.274. The van der Waals surface area contributed by atoms with Crippen LogP contribution in [0.4, 0.5) is 0 Å². The summed E-state index contributed by atoms with van der Waals surface area (Å²) in [6, 6.07) is 0.675. The van der Waals surface area contributed by atoms with Crippen LogP contribution in [0.1, 0.15) is 70.5 Å². The van der Waals surface area contributed by atoms with E-state index in [0.717, 1.165) is 5.69 Å². The molecule has 1 atom stereocenters. The molecule has 0 radical (unpaired) electrons.